The van der Waals surface area contributed by atoms with Gasteiger partial charge in [-0.15, -0.1) is 0 Å². The Kier molecular flexibility index (Phi) is 6.83. The van der Waals surface area contributed by atoms with Crippen LogP contribution in [0.1, 0.15) is 27.0 Å². The maximum atomic E-state index is 12.7. The largest absolute Gasteiger partial charge is 0.493 e. The quantitative estimate of drug-likeness (QED) is 0.372. The van der Waals surface area contributed by atoms with E-state index in [1.807, 2.05) is 72.8 Å². The molecule has 32 heavy (non-hydrogen) atoms. The van der Waals surface area contributed by atoms with Crippen molar-refractivity contribution in [2.75, 3.05) is 12.4 Å². The van der Waals surface area contributed by atoms with Crippen LogP contribution in [0.2, 0.25) is 0 Å². The highest BCUT2D eigenvalue weighted by molar-refractivity contribution is 6.04. The average Bonchev–Trinajstić information content (AvgIpc) is 2.85. The number of benzene rings is 4. The van der Waals surface area contributed by atoms with Gasteiger partial charge >= 0.3 is 0 Å². The van der Waals surface area contributed by atoms with Gasteiger partial charge in [-0.3, -0.25) is 4.79 Å². The number of carbonyl (C=O) groups is 1. The SMILES string of the molecule is COc1cc(C(=O)Nc2ccc(Cc3ccccc3)cc2)ccc1OCc1ccccc1. The standard InChI is InChI=1S/C28H25NO3/c1-31-27-19-24(14-17-26(27)32-20-23-10-6-3-7-11-23)28(30)29-25-15-12-22(13-16-25)18-21-8-4-2-5-9-21/h2-17,19H,18,20H2,1H3,(H,29,30). The fourth-order valence-corrected chi connectivity index (χ4v) is 3.40. The second-order valence-corrected chi connectivity index (χ2v) is 7.45. The van der Waals surface area contributed by atoms with E-state index in [4.69, 9.17) is 9.47 Å². The van der Waals surface area contributed by atoms with Crippen LogP contribution in [0.3, 0.4) is 0 Å². The normalized spacial score (nSPS) is 10.4. The lowest BCUT2D eigenvalue weighted by atomic mass is 10.0. The van der Waals surface area contributed by atoms with Crippen molar-refractivity contribution in [2.24, 2.45) is 0 Å². The third kappa shape index (κ3) is 5.55. The molecule has 0 saturated heterocycles. The van der Waals surface area contributed by atoms with E-state index in [0.717, 1.165) is 17.7 Å². The Labute approximate surface area is 188 Å². The van der Waals surface area contributed by atoms with Crippen molar-refractivity contribution in [3.05, 3.63) is 125 Å². The van der Waals surface area contributed by atoms with E-state index in [1.54, 1.807) is 25.3 Å². The molecule has 4 rings (SSSR count). The van der Waals surface area contributed by atoms with Crippen molar-refractivity contribution in [3.8, 4) is 11.5 Å². The van der Waals surface area contributed by atoms with E-state index in [2.05, 4.69) is 17.4 Å². The number of nitrogens with one attached hydrogen (secondary N) is 1. The Balaban J connectivity index is 1.39. The molecule has 0 heterocycles. The van der Waals surface area contributed by atoms with Crippen molar-refractivity contribution >= 4 is 11.6 Å². The Morgan fingerprint density at radius 3 is 2.00 bits per heavy atom. The van der Waals surface area contributed by atoms with Gasteiger partial charge in [0, 0.05) is 11.3 Å². The van der Waals surface area contributed by atoms with Crippen LogP contribution in [0.25, 0.3) is 0 Å². The van der Waals surface area contributed by atoms with Gasteiger partial charge < -0.3 is 14.8 Å². The van der Waals surface area contributed by atoms with Gasteiger partial charge in [-0.05, 0) is 53.4 Å². The maximum Gasteiger partial charge on any atom is 0.255 e. The number of methoxy groups -OCH3 is 1. The van der Waals surface area contributed by atoms with Gasteiger partial charge in [0.15, 0.2) is 11.5 Å². The topological polar surface area (TPSA) is 47.6 Å². The molecule has 0 atom stereocenters. The summed E-state index contributed by atoms with van der Waals surface area (Å²) in [5, 5.41) is 2.94. The Morgan fingerprint density at radius 2 is 1.34 bits per heavy atom. The molecule has 0 fully saturated rings. The number of hydrogen-bond donors (Lipinski definition) is 1. The van der Waals surface area contributed by atoms with Gasteiger partial charge in [0.25, 0.3) is 5.91 Å². The monoisotopic (exact) mass is 423 g/mol. The highest BCUT2D eigenvalue weighted by Crippen LogP contribution is 2.29. The van der Waals surface area contributed by atoms with Gasteiger partial charge in [0.2, 0.25) is 0 Å². The van der Waals surface area contributed by atoms with E-state index in [-0.39, 0.29) is 5.91 Å². The second-order valence-electron chi connectivity index (χ2n) is 7.45. The molecule has 0 aliphatic carbocycles. The summed E-state index contributed by atoms with van der Waals surface area (Å²) in [4.78, 5) is 12.7. The average molecular weight is 424 g/mol. The molecule has 0 radical (unpaired) electrons. The predicted molar refractivity (Wildman–Crippen MR) is 127 cm³/mol. The van der Waals surface area contributed by atoms with Gasteiger partial charge in [0.1, 0.15) is 6.61 Å². The molecular formula is C28H25NO3. The summed E-state index contributed by atoms with van der Waals surface area (Å²) in [7, 11) is 1.57. The fourth-order valence-electron chi connectivity index (χ4n) is 3.40. The Morgan fingerprint density at radius 1 is 0.719 bits per heavy atom. The minimum absolute atomic E-state index is 0.200. The first kappa shape index (κ1) is 21.2. The van der Waals surface area contributed by atoms with Gasteiger partial charge in [-0.25, -0.2) is 0 Å². The lowest BCUT2D eigenvalue weighted by Gasteiger charge is -2.13. The molecule has 4 nitrogen and oxygen atoms in total. The number of ether oxygens (including phenoxy) is 2. The molecule has 0 aliphatic rings. The van der Waals surface area contributed by atoms with Crippen LogP contribution < -0.4 is 14.8 Å². The van der Waals surface area contributed by atoms with Crippen LogP contribution in [0.4, 0.5) is 5.69 Å². The summed E-state index contributed by atoms with van der Waals surface area (Å²) in [5.74, 6) is 0.915. The van der Waals surface area contributed by atoms with E-state index in [0.29, 0.717) is 23.7 Å². The van der Waals surface area contributed by atoms with Crippen LogP contribution in [0.5, 0.6) is 11.5 Å². The molecular weight excluding hydrogens is 398 g/mol. The van der Waals surface area contributed by atoms with E-state index < -0.39 is 0 Å². The maximum absolute atomic E-state index is 12.7. The lowest BCUT2D eigenvalue weighted by Crippen LogP contribution is -2.12. The number of rotatable bonds is 8. The van der Waals surface area contributed by atoms with Crippen molar-refractivity contribution < 1.29 is 14.3 Å². The molecule has 4 aromatic carbocycles. The number of hydrogen-bond acceptors (Lipinski definition) is 3. The van der Waals surface area contributed by atoms with E-state index in [9.17, 15) is 4.79 Å². The van der Waals surface area contributed by atoms with Crippen LogP contribution in [-0.4, -0.2) is 13.0 Å². The first-order valence-electron chi connectivity index (χ1n) is 10.5. The summed E-state index contributed by atoms with van der Waals surface area (Å²) in [5.41, 5.74) is 4.76. The van der Waals surface area contributed by atoms with Crippen molar-refractivity contribution in [1.82, 2.24) is 0 Å². The van der Waals surface area contributed by atoms with Crippen molar-refractivity contribution in [2.45, 2.75) is 13.0 Å². The van der Waals surface area contributed by atoms with Gasteiger partial charge in [0.05, 0.1) is 7.11 Å². The molecule has 4 aromatic rings. The third-order valence-electron chi connectivity index (χ3n) is 5.13. The predicted octanol–water partition coefficient (Wildman–Crippen LogP) is 6.12. The zero-order valence-electron chi connectivity index (χ0n) is 18.0. The van der Waals surface area contributed by atoms with Crippen LogP contribution in [0, 0.1) is 0 Å². The first-order valence-corrected chi connectivity index (χ1v) is 10.5. The number of amides is 1. The summed E-state index contributed by atoms with van der Waals surface area (Å²) in [6, 6.07) is 33.3. The highest BCUT2D eigenvalue weighted by atomic mass is 16.5. The molecule has 0 unspecified atom stereocenters. The molecule has 0 spiro atoms. The van der Waals surface area contributed by atoms with E-state index in [1.165, 1.54) is 11.1 Å². The highest BCUT2D eigenvalue weighted by Gasteiger charge is 2.12. The minimum Gasteiger partial charge on any atom is -0.493 e. The molecule has 1 N–H and O–H groups in total. The van der Waals surface area contributed by atoms with Crippen LogP contribution in [-0.2, 0) is 13.0 Å². The molecule has 4 heteroatoms. The first-order chi connectivity index (χ1) is 15.7. The van der Waals surface area contributed by atoms with E-state index >= 15 is 0 Å². The molecule has 0 aliphatic heterocycles. The summed E-state index contributed by atoms with van der Waals surface area (Å²) >= 11 is 0. The lowest BCUT2D eigenvalue weighted by molar-refractivity contribution is 0.102. The fraction of sp³-hybridized carbons (Fsp3) is 0.107. The Hall–Kier alpha value is -4.05. The zero-order chi connectivity index (χ0) is 22.2. The smallest absolute Gasteiger partial charge is 0.255 e. The molecule has 0 bridgehead atoms. The van der Waals surface area contributed by atoms with Gasteiger partial charge in [-0.2, -0.15) is 0 Å². The molecule has 0 saturated carbocycles. The number of anilines is 1. The molecule has 1 amide bonds. The molecule has 0 aromatic heterocycles. The number of carbonyl (C=O) groups excluding carboxylic acids is 1. The van der Waals surface area contributed by atoms with Gasteiger partial charge in [-0.1, -0.05) is 72.8 Å². The minimum atomic E-state index is -0.200. The van der Waals surface area contributed by atoms with Crippen LogP contribution in [0.15, 0.2) is 103 Å². The summed E-state index contributed by atoms with van der Waals surface area (Å²) < 4.78 is 11.3. The van der Waals surface area contributed by atoms with Crippen molar-refractivity contribution in [3.63, 3.8) is 0 Å². The van der Waals surface area contributed by atoms with Crippen molar-refractivity contribution in [1.29, 1.82) is 0 Å². The second kappa shape index (κ2) is 10.3. The zero-order valence-corrected chi connectivity index (χ0v) is 18.0. The Bertz CT molecular complexity index is 1160. The molecule has 160 valence electrons. The summed E-state index contributed by atoms with van der Waals surface area (Å²) in [6.07, 6.45) is 0.858. The van der Waals surface area contributed by atoms with Crippen LogP contribution >= 0.6 is 0 Å². The summed E-state index contributed by atoms with van der Waals surface area (Å²) in [6.45, 7) is 0.429. The third-order valence-corrected chi connectivity index (χ3v) is 5.13.